The van der Waals surface area contributed by atoms with Gasteiger partial charge in [-0.05, 0) is 30.5 Å². The molecule has 0 aliphatic carbocycles. The average Bonchev–Trinajstić information content (AvgIpc) is 2.50. The van der Waals surface area contributed by atoms with Crippen molar-refractivity contribution in [1.82, 2.24) is 15.1 Å². The third-order valence-corrected chi connectivity index (χ3v) is 3.35. The highest BCUT2D eigenvalue weighted by molar-refractivity contribution is 5.75. The van der Waals surface area contributed by atoms with Crippen molar-refractivity contribution in [2.75, 3.05) is 6.54 Å². The predicted molar refractivity (Wildman–Crippen MR) is 86.4 cm³/mol. The fourth-order valence-electron chi connectivity index (χ4n) is 2.07. The van der Waals surface area contributed by atoms with Crippen LogP contribution in [0.1, 0.15) is 20.3 Å². The molecule has 1 amide bonds. The number of carbonyl (C=O) groups excluding carboxylic acids is 1. The zero-order valence-corrected chi connectivity index (χ0v) is 13.3. The molecule has 0 bridgehead atoms. The maximum absolute atomic E-state index is 13.8. The highest BCUT2D eigenvalue weighted by Gasteiger charge is 2.10. The zero-order chi connectivity index (χ0) is 16.8. The van der Waals surface area contributed by atoms with Crippen molar-refractivity contribution in [1.29, 1.82) is 0 Å². The quantitative estimate of drug-likeness (QED) is 0.888. The summed E-state index contributed by atoms with van der Waals surface area (Å²) >= 11 is 0. The van der Waals surface area contributed by atoms with Crippen LogP contribution < -0.4 is 10.9 Å². The highest BCUT2D eigenvalue weighted by Crippen LogP contribution is 2.18. The SMILES string of the molecule is CC(C)CCNC(=O)Cn1nc(-c2ccccc2F)ccc1=O. The molecule has 1 N–H and O–H groups in total. The van der Waals surface area contributed by atoms with Crippen molar-refractivity contribution in [2.45, 2.75) is 26.8 Å². The summed E-state index contributed by atoms with van der Waals surface area (Å²) in [4.78, 5) is 23.7. The van der Waals surface area contributed by atoms with Gasteiger partial charge < -0.3 is 5.32 Å². The minimum Gasteiger partial charge on any atom is -0.354 e. The molecule has 0 atom stereocenters. The fourth-order valence-corrected chi connectivity index (χ4v) is 2.07. The summed E-state index contributed by atoms with van der Waals surface area (Å²) < 4.78 is 14.9. The van der Waals surface area contributed by atoms with Crippen LogP contribution in [-0.4, -0.2) is 22.2 Å². The Kier molecular flexibility index (Phi) is 5.62. The summed E-state index contributed by atoms with van der Waals surface area (Å²) in [6, 6.07) is 8.91. The van der Waals surface area contributed by atoms with Crippen molar-refractivity contribution in [3.05, 3.63) is 52.6 Å². The normalized spacial score (nSPS) is 10.8. The molecule has 0 aliphatic heterocycles. The molecule has 1 heterocycles. The van der Waals surface area contributed by atoms with Gasteiger partial charge in [-0.2, -0.15) is 5.10 Å². The van der Waals surface area contributed by atoms with E-state index in [1.54, 1.807) is 18.2 Å². The van der Waals surface area contributed by atoms with E-state index in [1.165, 1.54) is 18.2 Å². The Labute approximate surface area is 134 Å². The average molecular weight is 317 g/mol. The maximum atomic E-state index is 13.8. The summed E-state index contributed by atoms with van der Waals surface area (Å²) in [6.45, 7) is 4.50. The third kappa shape index (κ3) is 4.74. The van der Waals surface area contributed by atoms with Crippen LogP contribution in [0.4, 0.5) is 4.39 Å². The molecule has 5 nitrogen and oxygen atoms in total. The Morgan fingerprint density at radius 3 is 2.70 bits per heavy atom. The first-order valence-corrected chi connectivity index (χ1v) is 7.57. The molecule has 1 aromatic carbocycles. The standard InChI is InChI=1S/C17H20FN3O2/c1-12(2)9-10-19-16(22)11-21-17(23)8-7-15(20-21)13-5-3-4-6-14(13)18/h3-8,12H,9-11H2,1-2H3,(H,19,22). The summed E-state index contributed by atoms with van der Waals surface area (Å²) in [5.41, 5.74) is 0.211. The van der Waals surface area contributed by atoms with E-state index < -0.39 is 11.4 Å². The van der Waals surface area contributed by atoms with Crippen LogP contribution in [0.25, 0.3) is 11.3 Å². The fraction of sp³-hybridized carbons (Fsp3) is 0.353. The van der Waals surface area contributed by atoms with E-state index in [0.29, 0.717) is 23.7 Å². The molecule has 0 saturated carbocycles. The van der Waals surface area contributed by atoms with E-state index in [0.717, 1.165) is 11.1 Å². The Bertz CT molecular complexity index is 741. The molecule has 0 radical (unpaired) electrons. The van der Waals surface area contributed by atoms with Gasteiger partial charge in [-0.15, -0.1) is 0 Å². The molecule has 0 unspecified atom stereocenters. The van der Waals surface area contributed by atoms with Gasteiger partial charge in [0.2, 0.25) is 5.91 Å². The van der Waals surface area contributed by atoms with Gasteiger partial charge in [-0.3, -0.25) is 9.59 Å². The first kappa shape index (κ1) is 16.9. The zero-order valence-electron chi connectivity index (χ0n) is 13.3. The van der Waals surface area contributed by atoms with Crippen LogP contribution in [0.3, 0.4) is 0 Å². The van der Waals surface area contributed by atoms with E-state index >= 15 is 0 Å². The number of nitrogens with zero attached hydrogens (tertiary/aromatic N) is 2. The first-order valence-electron chi connectivity index (χ1n) is 7.57. The Morgan fingerprint density at radius 2 is 2.00 bits per heavy atom. The summed E-state index contributed by atoms with van der Waals surface area (Å²) in [5.74, 6) is -0.224. The lowest BCUT2D eigenvalue weighted by Gasteiger charge is -2.09. The molecule has 2 aromatic rings. The molecule has 122 valence electrons. The van der Waals surface area contributed by atoms with E-state index in [2.05, 4.69) is 24.3 Å². The van der Waals surface area contributed by atoms with Gasteiger partial charge in [-0.1, -0.05) is 26.0 Å². The van der Waals surface area contributed by atoms with E-state index in [-0.39, 0.29) is 12.5 Å². The van der Waals surface area contributed by atoms with Crippen molar-refractivity contribution in [2.24, 2.45) is 5.92 Å². The number of aromatic nitrogens is 2. The number of hydrogen-bond acceptors (Lipinski definition) is 3. The lowest BCUT2D eigenvalue weighted by atomic mass is 10.1. The number of carbonyl (C=O) groups is 1. The number of nitrogens with one attached hydrogen (secondary N) is 1. The second kappa shape index (κ2) is 7.67. The lowest BCUT2D eigenvalue weighted by Crippen LogP contribution is -2.34. The second-order valence-corrected chi connectivity index (χ2v) is 5.73. The van der Waals surface area contributed by atoms with Crippen molar-refractivity contribution in [3.63, 3.8) is 0 Å². The van der Waals surface area contributed by atoms with Crippen LogP contribution in [0.15, 0.2) is 41.2 Å². The largest absolute Gasteiger partial charge is 0.354 e. The van der Waals surface area contributed by atoms with Crippen LogP contribution in [0.5, 0.6) is 0 Å². The molecular formula is C17H20FN3O2. The molecule has 1 aromatic heterocycles. The van der Waals surface area contributed by atoms with Crippen molar-refractivity contribution >= 4 is 5.91 Å². The molecule has 23 heavy (non-hydrogen) atoms. The van der Waals surface area contributed by atoms with Crippen molar-refractivity contribution < 1.29 is 9.18 Å². The third-order valence-electron chi connectivity index (χ3n) is 3.35. The van der Waals surface area contributed by atoms with Crippen LogP contribution >= 0.6 is 0 Å². The molecule has 0 saturated heterocycles. The second-order valence-electron chi connectivity index (χ2n) is 5.73. The van der Waals surface area contributed by atoms with Crippen LogP contribution in [0, 0.1) is 11.7 Å². The van der Waals surface area contributed by atoms with Gasteiger partial charge in [0.1, 0.15) is 12.4 Å². The minimum absolute atomic E-state index is 0.181. The number of amides is 1. The maximum Gasteiger partial charge on any atom is 0.267 e. The number of hydrogen-bond donors (Lipinski definition) is 1. The lowest BCUT2D eigenvalue weighted by molar-refractivity contribution is -0.121. The Hall–Kier alpha value is -2.50. The van der Waals surface area contributed by atoms with Gasteiger partial charge in [0.25, 0.3) is 5.56 Å². The van der Waals surface area contributed by atoms with Crippen molar-refractivity contribution in [3.8, 4) is 11.3 Å². The Balaban J connectivity index is 2.14. The summed E-state index contributed by atoms with van der Waals surface area (Å²) in [7, 11) is 0. The molecule has 6 heteroatoms. The molecule has 2 rings (SSSR count). The van der Waals surface area contributed by atoms with Gasteiger partial charge in [0, 0.05) is 18.2 Å². The topological polar surface area (TPSA) is 64.0 Å². The van der Waals surface area contributed by atoms with E-state index in [9.17, 15) is 14.0 Å². The monoisotopic (exact) mass is 317 g/mol. The molecule has 0 spiro atoms. The summed E-state index contributed by atoms with van der Waals surface area (Å²) in [5, 5.41) is 6.84. The smallest absolute Gasteiger partial charge is 0.267 e. The highest BCUT2D eigenvalue weighted by atomic mass is 19.1. The number of halogens is 1. The molecular weight excluding hydrogens is 297 g/mol. The Morgan fingerprint density at radius 1 is 1.26 bits per heavy atom. The van der Waals surface area contributed by atoms with Gasteiger partial charge in [0.15, 0.2) is 0 Å². The van der Waals surface area contributed by atoms with Gasteiger partial charge in [-0.25, -0.2) is 9.07 Å². The number of rotatable bonds is 6. The van der Waals surface area contributed by atoms with Crippen LogP contribution in [0.2, 0.25) is 0 Å². The predicted octanol–water partition coefficient (Wildman–Crippen LogP) is 2.21. The number of benzene rings is 1. The molecule has 0 fully saturated rings. The van der Waals surface area contributed by atoms with E-state index in [4.69, 9.17) is 0 Å². The van der Waals surface area contributed by atoms with Crippen LogP contribution in [-0.2, 0) is 11.3 Å². The van der Waals surface area contributed by atoms with Gasteiger partial charge in [0.05, 0.1) is 5.69 Å². The van der Waals surface area contributed by atoms with E-state index in [1.807, 2.05) is 0 Å². The van der Waals surface area contributed by atoms with Gasteiger partial charge >= 0.3 is 0 Å². The first-order chi connectivity index (χ1) is 11.0. The summed E-state index contributed by atoms with van der Waals surface area (Å²) in [6.07, 6.45) is 0.864. The minimum atomic E-state index is -0.424. The molecule has 0 aliphatic rings.